The fourth-order valence-electron chi connectivity index (χ4n) is 0.773. The van der Waals surface area contributed by atoms with Crippen LogP contribution >= 0.6 is 0 Å². The minimum atomic E-state index is -2.17. The Bertz CT molecular complexity index is 234. The summed E-state index contributed by atoms with van der Waals surface area (Å²) in [7, 11) is 1.23. The maximum absolute atomic E-state index is 9.13. The number of benzene rings is 1. The van der Waals surface area contributed by atoms with Crippen molar-refractivity contribution in [1.82, 2.24) is 0 Å². The Hall–Kier alpha value is 0.502. The Morgan fingerprint density at radius 3 is 1.73 bits per heavy atom. The molecular weight excluding hydrogens is 277 g/mol. The Labute approximate surface area is 118 Å². The molecule has 0 unspecified atom stereocenters. The SMILES string of the molecule is COC(O)(O)c1ccccc1.[Al+3].[Cl-].[Cl-].[Cl-]. The molecule has 0 fully saturated rings. The smallest absolute Gasteiger partial charge is 1.00 e. The van der Waals surface area contributed by atoms with E-state index in [2.05, 4.69) is 4.74 Å². The summed E-state index contributed by atoms with van der Waals surface area (Å²) >= 11 is 0. The molecule has 0 saturated carbocycles. The average molecular weight is 288 g/mol. The molecule has 0 saturated heterocycles. The van der Waals surface area contributed by atoms with E-state index in [0.717, 1.165) is 0 Å². The van der Waals surface area contributed by atoms with Crippen LogP contribution in [0.2, 0.25) is 0 Å². The first-order valence-corrected chi connectivity index (χ1v) is 3.22. The summed E-state index contributed by atoms with van der Waals surface area (Å²) in [6.07, 6.45) is 0. The zero-order valence-corrected chi connectivity index (χ0v) is 11.3. The number of ether oxygens (including phenoxy) is 1. The van der Waals surface area contributed by atoms with Crippen molar-refractivity contribution in [3.63, 3.8) is 0 Å². The summed E-state index contributed by atoms with van der Waals surface area (Å²) in [5.74, 6) is -2.17. The van der Waals surface area contributed by atoms with Gasteiger partial charge in [-0.25, -0.2) is 0 Å². The van der Waals surface area contributed by atoms with Gasteiger partial charge < -0.3 is 52.2 Å². The van der Waals surface area contributed by atoms with Gasteiger partial charge in [-0.2, -0.15) is 0 Å². The van der Waals surface area contributed by atoms with E-state index < -0.39 is 5.97 Å². The third-order valence-corrected chi connectivity index (χ3v) is 1.43. The average Bonchev–Trinajstić information content (AvgIpc) is 2.06. The molecule has 0 aliphatic carbocycles. The van der Waals surface area contributed by atoms with E-state index in [1.54, 1.807) is 30.3 Å². The molecule has 2 N–H and O–H groups in total. The van der Waals surface area contributed by atoms with Crippen LogP contribution < -0.4 is 37.2 Å². The maximum atomic E-state index is 9.13. The zero-order valence-electron chi connectivity index (χ0n) is 7.90. The van der Waals surface area contributed by atoms with Crippen molar-refractivity contribution < 1.29 is 52.2 Å². The molecule has 0 spiro atoms. The van der Waals surface area contributed by atoms with Crippen LogP contribution in [0.5, 0.6) is 0 Å². The quantitative estimate of drug-likeness (QED) is 0.420. The van der Waals surface area contributed by atoms with Gasteiger partial charge in [-0.1, -0.05) is 30.3 Å². The molecule has 84 valence electrons. The molecule has 0 radical (unpaired) electrons. The minimum Gasteiger partial charge on any atom is -1.00 e. The van der Waals surface area contributed by atoms with Gasteiger partial charge in [-0.3, -0.25) is 0 Å². The van der Waals surface area contributed by atoms with E-state index in [1.807, 2.05) is 0 Å². The van der Waals surface area contributed by atoms with Crippen LogP contribution in [-0.2, 0) is 10.7 Å². The van der Waals surface area contributed by atoms with Gasteiger partial charge in [0.25, 0.3) is 0 Å². The topological polar surface area (TPSA) is 49.7 Å². The van der Waals surface area contributed by atoms with E-state index in [-0.39, 0.29) is 54.6 Å². The van der Waals surface area contributed by atoms with E-state index >= 15 is 0 Å². The number of hydrogen-bond donors (Lipinski definition) is 2. The molecule has 0 aliphatic rings. The molecule has 0 heterocycles. The standard InChI is InChI=1S/C8H10O3.Al.3ClH/c1-11-8(9,10)7-5-3-2-4-6-7;;;;/h2-6,9-10H,1H3;;3*1H/q;+3;;;/p-3. The van der Waals surface area contributed by atoms with Gasteiger partial charge >= 0.3 is 23.3 Å². The number of methoxy groups -OCH3 is 1. The van der Waals surface area contributed by atoms with Gasteiger partial charge in [0.1, 0.15) is 0 Å². The fraction of sp³-hybridized carbons (Fsp3) is 0.250. The molecule has 3 nitrogen and oxygen atoms in total. The van der Waals surface area contributed by atoms with Crippen LogP contribution in [0.25, 0.3) is 0 Å². The molecule has 0 amide bonds. The van der Waals surface area contributed by atoms with Crippen LogP contribution in [0.1, 0.15) is 5.56 Å². The zero-order chi connectivity index (χ0) is 8.32. The van der Waals surface area contributed by atoms with Crippen LogP contribution in [0.3, 0.4) is 0 Å². The molecule has 0 atom stereocenters. The summed E-state index contributed by atoms with van der Waals surface area (Å²) in [6.45, 7) is 0. The monoisotopic (exact) mass is 286 g/mol. The van der Waals surface area contributed by atoms with Gasteiger partial charge in [0.2, 0.25) is 0 Å². The summed E-state index contributed by atoms with van der Waals surface area (Å²) in [5.41, 5.74) is 0.322. The second kappa shape index (κ2) is 11.0. The van der Waals surface area contributed by atoms with Crippen molar-refractivity contribution in [2.45, 2.75) is 5.97 Å². The summed E-state index contributed by atoms with van der Waals surface area (Å²) in [4.78, 5) is 0. The maximum Gasteiger partial charge on any atom is 3.00 e. The van der Waals surface area contributed by atoms with Crippen LogP contribution in [0, 0.1) is 0 Å². The van der Waals surface area contributed by atoms with Crippen molar-refractivity contribution in [2.24, 2.45) is 0 Å². The third-order valence-electron chi connectivity index (χ3n) is 1.43. The number of hydrogen-bond acceptors (Lipinski definition) is 3. The molecule has 7 heteroatoms. The molecule has 1 aromatic rings. The van der Waals surface area contributed by atoms with Gasteiger partial charge in [-0.15, -0.1) is 0 Å². The first-order chi connectivity index (χ1) is 5.17. The summed E-state index contributed by atoms with van der Waals surface area (Å²) in [5, 5.41) is 18.3. The number of rotatable bonds is 2. The Balaban J connectivity index is -0.000000151. The molecule has 1 aromatic carbocycles. The summed E-state index contributed by atoms with van der Waals surface area (Å²) in [6, 6.07) is 8.34. The second-order valence-electron chi connectivity index (χ2n) is 2.18. The van der Waals surface area contributed by atoms with E-state index in [1.165, 1.54) is 7.11 Å². The molecule has 0 aliphatic heterocycles. The van der Waals surface area contributed by atoms with Crippen LogP contribution in [-0.4, -0.2) is 34.7 Å². The van der Waals surface area contributed by atoms with Gasteiger partial charge in [-0.05, 0) is 0 Å². The molecule has 0 bridgehead atoms. The van der Waals surface area contributed by atoms with Crippen LogP contribution in [0.15, 0.2) is 30.3 Å². The number of aliphatic hydroxyl groups is 2. The van der Waals surface area contributed by atoms with Crippen molar-refractivity contribution in [3.05, 3.63) is 35.9 Å². The first kappa shape index (κ1) is 24.6. The summed E-state index contributed by atoms with van der Waals surface area (Å²) < 4.78 is 4.43. The van der Waals surface area contributed by atoms with E-state index in [9.17, 15) is 0 Å². The normalized spacial score (nSPS) is 8.47. The predicted molar refractivity (Wildman–Crippen MR) is 45.3 cm³/mol. The molecule has 1 rings (SSSR count). The van der Waals surface area contributed by atoms with Gasteiger partial charge in [0.15, 0.2) is 0 Å². The first-order valence-electron chi connectivity index (χ1n) is 3.22. The van der Waals surface area contributed by atoms with Crippen molar-refractivity contribution >= 4 is 17.4 Å². The molecule has 15 heavy (non-hydrogen) atoms. The second-order valence-corrected chi connectivity index (χ2v) is 2.18. The fourth-order valence-corrected chi connectivity index (χ4v) is 0.773. The molecule has 0 aromatic heterocycles. The van der Waals surface area contributed by atoms with Gasteiger partial charge in [0.05, 0.1) is 0 Å². The van der Waals surface area contributed by atoms with Crippen molar-refractivity contribution in [3.8, 4) is 0 Å². The van der Waals surface area contributed by atoms with E-state index in [0.29, 0.717) is 5.56 Å². The number of halogens is 3. The Kier molecular flexibility index (Phi) is 18.1. The van der Waals surface area contributed by atoms with Crippen LogP contribution in [0.4, 0.5) is 0 Å². The largest absolute Gasteiger partial charge is 3.00 e. The van der Waals surface area contributed by atoms with Gasteiger partial charge in [0, 0.05) is 12.7 Å². The molecular formula is C8H10AlCl3O3. The van der Waals surface area contributed by atoms with E-state index in [4.69, 9.17) is 10.2 Å². The van der Waals surface area contributed by atoms with Crippen molar-refractivity contribution in [2.75, 3.05) is 7.11 Å². The van der Waals surface area contributed by atoms with Crippen molar-refractivity contribution in [1.29, 1.82) is 0 Å². The Morgan fingerprint density at radius 2 is 1.40 bits per heavy atom. The predicted octanol–water partition coefficient (Wildman–Crippen LogP) is -8.94. The Morgan fingerprint density at radius 1 is 1.00 bits per heavy atom. The third kappa shape index (κ3) is 7.40. The minimum absolute atomic E-state index is 0.